The molecule has 0 fully saturated rings. The van der Waals surface area contributed by atoms with E-state index in [1.165, 1.54) is 12.1 Å². The Labute approximate surface area is 168 Å². The minimum atomic E-state index is -0.448. The first-order valence-electron chi connectivity index (χ1n) is 9.34. The number of carbonyl (C=O) groups excluding carboxylic acids is 1. The summed E-state index contributed by atoms with van der Waals surface area (Å²) in [5, 5.41) is 17.5. The van der Waals surface area contributed by atoms with Crippen LogP contribution in [0, 0.1) is 10.1 Å². The van der Waals surface area contributed by atoms with Crippen LogP contribution in [0.25, 0.3) is 0 Å². The topological polar surface area (TPSA) is 87.5 Å². The number of non-ortho nitro benzene ring substituents is 1. The van der Waals surface area contributed by atoms with Gasteiger partial charge in [-0.1, -0.05) is 36.4 Å². The number of hydrogen-bond acceptors (Lipinski definition) is 5. The lowest BCUT2D eigenvalue weighted by molar-refractivity contribution is -0.384. The normalized spacial score (nSPS) is 12.3. The second kappa shape index (κ2) is 8.02. The number of rotatable bonds is 6. The van der Waals surface area contributed by atoms with Crippen LogP contribution in [0.4, 0.5) is 28.4 Å². The molecule has 7 nitrogen and oxygen atoms in total. The van der Waals surface area contributed by atoms with Crippen molar-refractivity contribution in [2.45, 2.75) is 6.42 Å². The summed E-state index contributed by atoms with van der Waals surface area (Å²) in [7, 11) is 0. The Kier molecular flexibility index (Phi) is 5.11. The number of nitrogens with zero attached hydrogens (tertiary/aromatic N) is 2. The van der Waals surface area contributed by atoms with E-state index in [-0.39, 0.29) is 18.1 Å². The number of nitrogens with one attached hydrogen (secondary N) is 2. The fourth-order valence-corrected chi connectivity index (χ4v) is 3.44. The van der Waals surface area contributed by atoms with Crippen LogP contribution in [0.2, 0.25) is 0 Å². The highest BCUT2D eigenvalue weighted by Gasteiger charge is 2.24. The number of amides is 1. The molecule has 1 aliphatic rings. The molecule has 0 aliphatic carbocycles. The van der Waals surface area contributed by atoms with Gasteiger partial charge in [0.25, 0.3) is 5.69 Å². The minimum Gasteiger partial charge on any atom is -0.374 e. The van der Waals surface area contributed by atoms with Gasteiger partial charge in [-0.05, 0) is 36.2 Å². The maximum Gasteiger partial charge on any atom is 0.271 e. The van der Waals surface area contributed by atoms with Gasteiger partial charge in [0.15, 0.2) is 0 Å². The van der Waals surface area contributed by atoms with Crippen molar-refractivity contribution in [2.24, 2.45) is 0 Å². The lowest BCUT2D eigenvalue weighted by Gasteiger charge is -2.19. The SMILES string of the molecule is O=C(CNc1cc([N+](=O)[O-])ccc1Nc1ccccc1)N1CCc2ccccc21. The van der Waals surface area contributed by atoms with Gasteiger partial charge in [-0.25, -0.2) is 0 Å². The summed E-state index contributed by atoms with van der Waals surface area (Å²) >= 11 is 0. The molecular formula is C22H20N4O3. The molecule has 3 aromatic carbocycles. The van der Waals surface area contributed by atoms with Gasteiger partial charge in [-0.2, -0.15) is 0 Å². The van der Waals surface area contributed by atoms with Crippen LogP contribution in [-0.2, 0) is 11.2 Å². The quantitative estimate of drug-likeness (QED) is 0.484. The third-order valence-electron chi connectivity index (χ3n) is 4.89. The van der Waals surface area contributed by atoms with E-state index >= 15 is 0 Å². The third-order valence-corrected chi connectivity index (χ3v) is 4.89. The number of hydrogen-bond donors (Lipinski definition) is 2. The molecule has 0 saturated heterocycles. The van der Waals surface area contributed by atoms with E-state index in [2.05, 4.69) is 10.6 Å². The van der Waals surface area contributed by atoms with Crippen molar-refractivity contribution in [3.05, 3.63) is 88.5 Å². The van der Waals surface area contributed by atoms with Crippen molar-refractivity contribution in [3.8, 4) is 0 Å². The Morgan fingerprint density at radius 3 is 2.55 bits per heavy atom. The summed E-state index contributed by atoms with van der Waals surface area (Å²) in [6.45, 7) is 0.683. The lowest BCUT2D eigenvalue weighted by Crippen LogP contribution is -2.34. The van der Waals surface area contributed by atoms with Crippen LogP contribution in [-0.4, -0.2) is 23.9 Å². The zero-order chi connectivity index (χ0) is 20.2. The molecular weight excluding hydrogens is 368 g/mol. The van der Waals surface area contributed by atoms with Crippen LogP contribution < -0.4 is 15.5 Å². The monoisotopic (exact) mass is 388 g/mol. The van der Waals surface area contributed by atoms with E-state index in [1.807, 2.05) is 54.6 Å². The molecule has 0 atom stereocenters. The molecule has 0 spiro atoms. The van der Waals surface area contributed by atoms with Crippen LogP contribution in [0.5, 0.6) is 0 Å². The number of nitro groups is 1. The molecule has 3 aromatic rings. The first-order valence-corrected chi connectivity index (χ1v) is 9.34. The number of fused-ring (bicyclic) bond motifs is 1. The minimum absolute atomic E-state index is 0.0370. The molecule has 29 heavy (non-hydrogen) atoms. The van der Waals surface area contributed by atoms with Crippen molar-refractivity contribution in [1.82, 2.24) is 0 Å². The van der Waals surface area contributed by atoms with Crippen molar-refractivity contribution < 1.29 is 9.72 Å². The standard InChI is InChI=1S/C22H20N4O3/c27-22(25-13-12-16-6-4-5-9-21(16)25)15-23-20-14-18(26(28)29)10-11-19(20)24-17-7-2-1-3-8-17/h1-11,14,23-24H,12-13,15H2. The summed E-state index contributed by atoms with van der Waals surface area (Å²) in [6, 6.07) is 21.9. The number of benzene rings is 3. The van der Waals surface area contributed by atoms with Crippen molar-refractivity contribution in [2.75, 3.05) is 28.6 Å². The molecule has 1 aliphatic heterocycles. The van der Waals surface area contributed by atoms with E-state index in [0.717, 1.165) is 23.4 Å². The average Bonchev–Trinajstić information content (AvgIpc) is 3.17. The highest BCUT2D eigenvalue weighted by molar-refractivity contribution is 5.98. The first-order chi connectivity index (χ1) is 14.1. The Balaban J connectivity index is 1.53. The summed E-state index contributed by atoms with van der Waals surface area (Å²) in [5.74, 6) is -0.0767. The molecule has 4 rings (SSSR count). The van der Waals surface area contributed by atoms with E-state index < -0.39 is 4.92 Å². The smallest absolute Gasteiger partial charge is 0.271 e. The molecule has 1 heterocycles. The van der Waals surface area contributed by atoms with Gasteiger partial charge in [-0.15, -0.1) is 0 Å². The first kappa shape index (κ1) is 18.5. The molecule has 7 heteroatoms. The van der Waals surface area contributed by atoms with Crippen LogP contribution in [0.1, 0.15) is 5.56 Å². The van der Waals surface area contributed by atoms with Gasteiger partial charge >= 0.3 is 0 Å². The molecule has 0 unspecified atom stereocenters. The van der Waals surface area contributed by atoms with Crippen molar-refractivity contribution in [1.29, 1.82) is 0 Å². The van der Waals surface area contributed by atoms with Crippen molar-refractivity contribution >= 4 is 34.3 Å². The average molecular weight is 388 g/mol. The Hall–Kier alpha value is -3.87. The highest BCUT2D eigenvalue weighted by Crippen LogP contribution is 2.31. The summed E-state index contributed by atoms with van der Waals surface area (Å²) in [5.41, 5.74) is 4.07. The van der Waals surface area contributed by atoms with Crippen molar-refractivity contribution in [3.63, 3.8) is 0 Å². The van der Waals surface area contributed by atoms with Gasteiger partial charge < -0.3 is 15.5 Å². The number of para-hydroxylation sites is 2. The molecule has 146 valence electrons. The second-order valence-corrected chi connectivity index (χ2v) is 6.76. The number of nitro benzene ring substituents is 1. The Morgan fingerprint density at radius 2 is 1.76 bits per heavy atom. The lowest BCUT2D eigenvalue weighted by atomic mass is 10.2. The molecule has 0 saturated carbocycles. The van der Waals surface area contributed by atoms with Crippen LogP contribution >= 0.6 is 0 Å². The summed E-state index contributed by atoms with van der Waals surface area (Å²) < 4.78 is 0. The highest BCUT2D eigenvalue weighted by atomic mass is 16.6. The zero-order valence-corrected chi connectivity index (χ0v) is 15.7. The van der Waals surface area contributed by atoms with Crippen LogP contribution in [0.15, 0.2) is 72.8 Å². The zero-order valence-electron chi connectivity index (χ0n) is 15.7. The molecule has 0 radical (unpaired) electrons. The fourth-order valence-electron chi connectivity index (χ4n) is 3.44. The van der Waals surface area contributed by atoms with Gasteiger partial charge in [0.2, 0.25) is 5.91 Å². The molecule has 0 aromatic heterocycles. The Morgan fingerprint density at radius 1 is 1.00 bits per heavy atom. The fraction of sp³-hybridized carbons (Fsp3) is 0.136. The van der Waals surface area contributed by atoms with E-state index in [1.54, 1.807) is 11.0 Å². The maximum absolute atomic E-state index is 12.8. The number of carbonyl (C=O) groups is 1. The van der Waals surface area contributed by atoms with Gasteiger partial charge in [-0.3, -0.25) is 14.9 Å². The van der Waals surface area contributed by atoms with Crippen LogP contribution in [0.3, 0.4) is 0 Å². The van der Waals surface area contributed by atoms with Gasteiger partial charge in [0, 0.05) is 30.1 Å². The second-order valence-electron chi connectivity index (χ2n) is 6.76. The third kappa shape index (κ3) is 4.03. The largest absolute Gasteiger partial charge is 0.374 e. The molecule has 2 N–H and O–H groups in total. The van der Waals surface area contributed by atoms with E-state index in [9.17, 15) is 14.9 Å². The predicted molar refractivity (Wildman–Crippen MR) is 114 cm³/mol. The maximum atomic E-state index is 12.8. The predicted octanol–water partition coefficient (Wildman–Crippen LogP) is 4.34. The van der Waals surface area contributed by atoms with Gasteiger partial charge in [0.1, 0.15) is 0 Å². The van der Waals surface area contributed by atoms with E-state index in [0.29, 0.717) is 17.9 Å². The number of anilines is 4. The van der Waals surface area contributed by atoms with E-state index in [4.69, 9.17) is 0 Å². The van der Waals surface area contributed by atoms with Gasteiger partial charge in [0.05, 0.1) is 22.8 Å². The summed E-state index contributed by atoms with van der Waals surface area (Å²) in [4.78, 5) is 25.3. The Bertz CT molecular complexity index is 1050. The molecule has 0 bridgehead atoms. The summed E-state index contributed by atoms with van der Waals surface area (Å²) in [6.07, 6.45) is 0.833. The molecule has 1 amide bonds.